The Morgan fingerprint density at radius 1 is 1.35 bits per heavy atom. The molecule has 7 heteroatoms. The van der Waals surface area contributed by atoms with Crippen molar-refractivity contribution < 1.29 is 17.5 Å². The van der Waals surface area contributed by atoms with Crippen molar-refractivity contribution in [3.63, 3.8) is 0 Å². The van der Waals surface area contributed by atoms with Crippen LogP contribution in [0.25, 0.3) is 6.08 Å². The van der Waals surface area contributed by atoms with E-state index in [1.54, 1.807) is 18.2 Å². The number of hydrogen-bond donors (Lipinski definition) is 0. The molecule has 0 heterocycles. The molecule has 0 N–H and O–H groups in total. The van der Waals surface area contributed by atoms with E-state index in [-0.39, 0.29) is 12.3 Å². The lowest BCUT2D eigenvalue weighted by Crippen LogP contribution is -2.01. The molecule has 17 heavy (non-hydrogen) atoms. The quantitative estimate of drug-likeness (QED) is 0.454. The van der Waals surface area contributed by atoms with Crippen LogP contribution in [-0.4, -0.2) is 26.2 Å². The van der Waals surface area contributed by atoms with E-state index in [9.17, 15) is 18.5 Å². The summed E-state index contributed by atoms with van der Waals surface area (Å²) in [6.07, 6.45) is 4.10. The topological polar surface area (TPSA) is 86.5 Å². The first-order chi connectivity index (χ1) is 7.88. The normalized spacial score (nSPS) is 11.8. The number of non-ortho nitro benzene ring substituents is 1. The summed E-state index contributed by atoms with van der Waals surface area (Å²) >= 11 is 0. The molecule has 0 aliphatic rings. The minimum atomic E-state index is -3.44. The van der Waals surface area contributed by atoms with E-state index in [2.05, 4.69) is 4.18 Å². The Hall–Kier alpha value is -1.73. The monoisotopic (exact) mass is 257 g/mol. The first-order valence-corrected chi connectivity index (χ1v) is 6.45. The number of nitro benzene ring substituents is 1. The Bertz CT molecular complexity index is 518. The standard InChI is InChI=1S/C10H11NO5S/c1-17(14,15)16-8-2-3-9-4-6-10(7-5-9)11(12)13/h2-7H,8H2,1H3/b3-2+. The van der Waals surface area contributed by atoms with Gasteiger partial charge in [0.2, 0.25) is 0 Å². The van der Waals surface area contributed by atoms with Gasteiger partial charge in [-0.15, -0.1) is 0 Å². The van der Waals surface area contributed by atoms with Gasteiger partial charge in [0, 0.05) is 12.1 Å². The van der Waals surface area contributed by atoms with Crippen LogP contribution in [0.3, 0.4) is 0 Å². The zero-order chi connectivity index (χ0) is 12.9. The molecule has 0 bridgehead atoms. The molecule has 0 aliphatic carbocycles. The molecule has 0 spiro atoms. The van der Waals surface area contributed by atoms with Gasteiger partial charge in [0.15, 0.2) is 0 Å². The highest BCUT2D eigenvalue weighted by atomic mass is 32.2. The van der Waals surface area contributed by atoms with Crippen LogP contribution in [0.15, 0.2) is 30.3 Å². The lowest BCUT2D eigenvalue weighted by molar-refractivity contribution is -0.384. The second kappa shape index (κ2) is 5.55. The molecule has 0 fully saturated rings. The van der Waals surface area contributed by atoms with E-state index in [0.717, 1.165) is 11.8 Å². The van der Waals surface area contributed by atoms with Crippen LogP contribution in [0.2, 0.25) is 0 Å². The Morgan fingerprint density at radius 3 is 2.41 bits per heavy atom. The lowest BCUT2D eigenvalue weighted by atomic mass is 10.2. The Morgan fingerprint density at radius 2 is 1.94 bits per heavy atom. The van der Waals surface area contributed by atoms with Crippen molar-refractivity contribution in [2.24, 2.45) is 0 Å². The highest BCUT2D eigenvalue weighted by molar-refractivity contribution is 7.85. The predicted molar refractivity (Wildman–Crippen MR) is 62.9 cm³/mol. The Balaban J connectivity index is 2.58. The number of nitrogens with zero attached hydrogens (tertiary/aromatic N) is 1. The second-order valence-electron chi connectivity index (χ2n) is 3.24. The molecule has 1 aromatic carbocycles. The molecular formula is C10H11NO5S. The Kier molecular flexibility index (Phi) is 4.36. The summed E-state index contributed by atoms with van der Waals surface area (Å²) in [5, 5.41) is 10.4. The van der Waals surface area contributed by atoms with Crippen LogP contribution in [-0.2, 0) is 14.3 Å². The molecule has 0 amide bonds. The maximum absolute atomic E-state index is 10.6. The molecule has 0 atom stereocenters. The summed E-state index contributed by atoms with van der Waals surface area (Å²) in [5.41, 5.74) is 0.738. The van der Waals surface area contributed by atoms with Crippen molar-refractivity contribution in [3.05, 3.63) is 46.0 Å². The third-order valence-electron chi connectivity index (χ3n) is 1.79. The summed E-state index contributed by atoms with van der Waals surface area (Å²) in [7, 11) is -3.44. The molecule has 1 rings (SSSR count). The largest absolute Gasteiger partial charge is 0.269 e. The number of nitro groups is 1. The van der Waals surface area contributed by atoms with Gasteiger partial charge < -0.3 is 0 Å². The molecule has 1 aromatic rings. The van der Waals surface area contributed by atoms with Crippen LogP contribution in [0.4, 0.5) is 5.69 Å². The maximum Gasteiger partial charge on any atom is 0.269 e. The molecule has 0 unspecified atom stereocenters. The molecule has 0 radical (unpaired) electrons. The number of rotatable bonds is 5. The van der Waals surface area contributed by atoms with Crippen molar-refractivity contribution in [2.45, 2.75) is 0 Å². The fourth-order valence-electron chi connectivity index (χ4n) is 1.05. The summed E-state index contributed by atoms with van der Waals surface area (Å²) < 4.78 is 25.8. The minimum Gasteiger partial charge on any atom is -0.266 e. The third-order valence-corrected chi connectivity index (χ3v) is 2.36. The van der Waals surface area contributed by atoms with Gasteiger partial charge in [-0.05, 0) is 17.7 Å². The van der Waals surface area contributed by atoms with Gasteiger partial charge in [0.05, 0.1) is 17.8 Å². The van der Waals surface area contributed by atoms with Crippen LogP contribution in [0, 0.1) is 10.1 Å². The van der Waals surface area contributed by atoms with Crippen LogP contribution in [0.5, 0.6) is 0 Å². The smallest absolute Gasteiger partial charge is 0.266 e. The van der Waals surface area contributed by atoms with E-state index in [0.29, 0.717) is 0 Å². The summed E-state index contributed by atoms with van der Waals surface area (Å²) in [4.78, 5) is 9.90. The van der Waals surface area contributed by atoms with Gasteiger partial charge in [-0.25, -0.2) is 0 Å². The lowest BCUT2D eigenvalue weighted by Gasteiger charge is -1.96. The number of benzene rings is 1. The molecule has 0 saturated heterocycles. The van der Waals surface area contributed by atoms with Gasteiger partial charge in [-0.3, -0.25) is 14.3 Å². The zero-order valence-corrected chi connectivity index (χ0v) is 9.88. The van der Waals surface area contributed by atoms with Crippen LogP contribution < -0.4 is 0 Å². The Labute approximate surface area is 98.8 Å². The van der Waals surface area contributed by atoms with Crippen molar-refractivity contribution in [3.8, 4) is 0 Å². The van der Waals surface area contributed by atoms with Gasteiger partial charge in [-0.1, -0.05) is 12.2 Å². The van der Waals surface area contributed by atoms with Crippen molar-refractivity contribution >= 4 is 21.9 Å². The molecule has 0 aliphatic heterocycles. The van der Waals surface area contributed by atoms with E-state index in [4.69, 9.17) is 0 Å². The zero-order valence-electron chi connectivity index (χ0n) is 9.07. The summed E-state index contributed by atoms with van der Waals surface area (Å²) in [5.74, 6) is 0. The summed E-state index contributed by atoms with van der Waals surface area (Å²) in [6, 6.07) is 5.87. The molecule has 92 valence electrons. The van der Waals surface area contributed by atoms with Gasteiger partial charge in [0.25, 0.3) is 15.8 Å². The molecular weight excluding hydrogens is 246 g/mol. The van der Waals surface area contributed by atoms with E-state index >= 15 is 0 Å². The van der Waals surface area contributed by atoms with Crippen LogP contribution in [0.1, 0.15) is 5.56 Å². The average Bonchev–Trinajstić information content (AvgIpc) is 2.24. The SMILES string of the molecule is CS(=O)(=O)OC/C=C/c1ccc([N+](=O)[O-])cc1. The second-order valence-corrected chi connectivity index (χ2v) is 4.88. The van der Waals surface area contributed by atoms with E-state index in [1.807, 2.05) is 0 Å². The predicted octanol–water partition coefficient (Wildman–Crippen LogP) is 1.58. The minimum absolute atomic E-state index is 0.00883. The first kappa shape index (κ1) is 13.3. The van der Waals surface area contributed by atoms with Crippen molar-refractivity contribution in [1.82, 2.24) is 0 Å². The van der Waals surface area contributed by atoms with Crippen LogP contribution >= 0.6 is 0 Å². The van der Waals surface area contributed by atoms with Crippen molar-refractivity contribution in [1.29, 1.82) is 0 Å². The highest BCUT2D eigenvalue weighted by Crippen LogP contribution is 2.12. The van der Waals surface area contributed by atoms with E-state index in [1.165, 1.54) is 18.2 Å². The fraction of sp³-hybridized carbons (Fsp3) is 0.200. The summed E-state index contributed by atoms with van der Waals surface area (Å²) in [6.45, 7) is -0.0597. The third kappa shape index (κ3) is 5.23. The fourth-order valence-corrected chi connectivity index (χ4v) is 1.38. The number of hydrogen-bond acceptors (Lipinski definition) is 5. The highest BCUT2D eigenvalue weighted by Gasteiger charge is 2.02. The van der Waals surface area contributed by atoms with Gasteiger partial charge in [-0.2, -0.15) is 8.42 Å². The van der Waals surface area contributed by atoms with E-state index < -0.39 is 15.0 Å². The first-order valence-electron chi connectivity index (χ1n) is 4.64. The average molecular weight is 257 g/mol. The molecule has 6 nitrogen and oxygen atoms in total. The molecule has 0 aromatic heterocycles. The molecule has 0 saturated carbocycles. The maximum atomic E-state index is 10.6. The van der Waals surface area contributed by atoms with Gasteiger partial charge >= 0.3 is 0 Å². The van der Waals surface area contributed by atoms with Gasteiger partial charge in [0.1, 0.15) is 0 Å². The van der Waals surface area contributed by atoms with Crippen molar-refractivity contribution in [2.75, 3.05) is 12.9 Å².